The number of furan rings is 1. The second kappa shape index (κ2) is 6.62. The summed E-state index contributed by atoms with van der Waals surface area (Å²) < 4.78 is 5.56. The van der Waals surface area contributed by atoms with Crippen LogP contribution in [0, 0.1) is 6.92 Å². The van der Waals surface area contributed by atoms with Gasteiger partial charge in [0.25, 0.3) is 5.91 Å². The third kappa shape index (κ3) is 3.08. The van der Waals surface area contributed by atoms with Crippen LogP contribution in [0.15, 0.2) is 21.9 Å². The van der Waals surface area contributed by atoms with Crippen molar-refractivity contribution < 1.29 is 14.3 Å². The standard InChI is InChI=1S/C16H20N2O3S/c1-11-6-7-14(21-11)15-17-13(10-22-15)16(20)18-8-2-4-12(18)5-3-9-19/h6-7,10,12,19H,2-5,8-9H2,1H3. The highest BCUT2D eigenvalue weighted by Crippen LogP contribution is 2.28. The van der Waals surface area contributed by atoms with E-state index in [2.05, 4.69) is 4.98 Å². The van der Waals surface area contributed by atoms with Crippen molar-refractivity contribution in [1.29, 1.82) is 0 Å². The highest BCUT2D eigenvalue weighted by atomic mass is 32.1. The first kappa shape index (κ1) is 15.2. The molecule has 1 aliphatic rings. The van der Waals surface area contributed by atoms with Crippen molar-refractivity contribution in [2.24, 2.45) is 0 Å². The quantitative estimate of drug-likeness (QED) is 0.919. The molecule has 1 aliphatic heterocycles. The van der Waals surface area contributed by atoms with Gasteiger partial charge in [0.05, 0.1) is 0 Å². The highest BCUT2D eigenvalue weighted by Gasteiger charge is 2.30. The molecule has 0 saturated carbocycles. The Balaban J connectivity index is 1.73. The van der Waals surface area contributed by atoms with E-state index in [1.165, 1.54) is 11.3 Å². The number of aliphatic hydroxyl groups is 1. The number of likely N-dealkylation sites (tertiary alicyclic amines) is 1. The zero-order valence-corrected chi connectivity index (χ0v) is 13.4. The minimum absolute atomic E-state index is 0.00813. The summed E-state index contributed by atoms with van der Waals surface area (Å²) in [6.45, 7) is 2.85. The van der Waals surface area contributed by atoms with Gasteiger partial charge in [-0.3, -0.25) is 4.79 Å². The normalized spacial score (nSPS) is 18.1. The third-order valence-corrected chi connectivity index (χ3v) is 4.86. The minimum atomic E-state index is -0.00813. The van der Waals surface area contributed by atoms with Gasteiger partial charge < -0.3 is 14.4 Å². The molecule has 1 saturated heterocycles. The van der Waals surface area contributed by atoms with Gasteiger partial charge in [-0.1, -0.05) is 0 Å². The summed E-state index contributed by atoms with van der Waals surface area (Å²) >= 11 is 1.43. The summed E-state index contributed by atoms with van der Waals surface area (Å²) in [6, 6.07) is 4.00. The van der Waals surface area contributed by atoms with Crippen LogP contribution in [0.5, 0.6) is 0 Å². The number of amides is 1. The SMILES string of the molecule is Cc1ccc(-c2nc(C(=O)N3CCCC3CCCO)cs2)o1. The molecule has 1 amide bonds. The number of hydrogen-bond acceptors (Lipinski definition) is 5. The molecule has 2 aromatic heterocycles. The van der Waals surface area contributed by atoms with E-state index in [0.29, 0.717) is 11.5 Å². The summed E-state index contributed by atoms with van der Waals surface area (Å²) in [5, 5.41) is 11.5. The molecule has 0 aromatic carbocycles. The number of aliphatic hydroxyl groups excluding tert-OH is 1. The molecule has 1 N–H and O–H groups in total. The minimum Gasteiger partial charge on any atom is -0.459 e. The summed E-state index contributed by atoms with van der Waals surface area (Å²) in [7, 11) is 0. The first-order valence-corrected chi connectivity index (χ1v) is 8.51. The van der Waals surface area contributed by atoms with Crippen LogP contribution < -0.4 is 0 Å². The molecule has 3 heterocycles. The van der Waals surface area contributed by atoms with E-state index in [1.54, 1.807) is 5.38 Å². The van der Waals surface area contributed by atoms with Crippen molar-refractivity contribution in [1.82, 2.24) is 9.88 Å². The van der Waals surface area contributed by atoms with Crippen LogP contribution in [0.4, 0.5) is 0 Å². The molecular formula is C16H20N2O3S. The Morgan fingerprint density at radius 3 is 3.14 bits per heavy atom. The molecule has 5 nitrogen and oxygen atoms in total. The van der Waals surface area contributed by atoms with Crippen molar-refractivity contribution in [2.45, 2.75) is 38.6 Å². The van der Waals surface area contributed by atoms with Crippen LogP contribution in [0.3, 0.4) is 0 Å². The Hall–Kier alpha value is -1.66. The Morgan fingerprint density at radius 1 is 1.55 bits per heavy atom. The van der Waals surface area contributed by atoms with Crippen LogP contribution in [-0.4, -0.2) is 40.1 Å². The summed E-state index contributed by atoms with van der Waals surface area (Å²) in [5.74, 6) is 1.53. The summed E-state index contributed by atoms with van der Waals surface area (Å²) in [5.41, 5.74) is 0.491. The highest BCUT2D eigenvalue weighted by molar-refractivity contribution is 7.13. The molecule has 0 bridgehead atoms. The Labute approximate surface area is 133 Å². The summed E-state index contributed by atoms with van der Waals surface area (Å²) in [4.78, 5) is 19.0. The molecule has 1 atom stereocenters. The molecule has 22 heavy (non-hydrogen) atoms. The average Bonchev–Trinajstić information content (AvgIpc) is 3.24. The largest absolute Gasteiger partial charge is 0.459 e. The lowest BCUT2D eigenvalue weighted by Crippen LogP contribution is -2.35. The molecule has 3 rings (SSSR count). The number of aromatic nitrogens is 1. The van der Waals surface area contributed by atoms with E-state index in [1.807, 2.05) is 24.0 Å². The van der Waals surface area contributed by atoms with Crippen molar-refractivity contribution >= 4 is 17.2 Å². The molecule has 2 aromatic rings. The maximum absolute atomic E-state index is 12.6. The van der Waals surface area contributed by atoms with Gasteiger partial charge in [0, 0.05) is 24.6 Å². The second-order valence-electron chi connectivity index (χ2n) is 5.61. The Kier molecular flexibility index (Phi) is 4.59. The lowest BCUT2D eigenvalue weighted by Gasteiger charge is -2.23. The van der Waals surface area contributed by atoms with Gasteiger partial charge in [0.2, 0.25) is 0 Å². The van der Waals surface area contributed by atoms with Crippen LogP contribution in [0.1, 0.15) is 41.9 Å². The van der Waals surface area contributed by atoms with Crippen LogP contribution in [0.25, 0.3) is 10.8 Å². The van der Waals surface area contributed by atoms with Gasteiger partial charge in [0.1, 0.15) is 11.5 Å². The lowest BCUT2D eigenvalue weighted by atomic mass is 10.1. The van der Waals surface area contributed by atoms with E-state index in [-0.39, 0.29) is 18.6 Å². The molecule has 1 unspecified atom stereocenters. The van der Waals surface area contributed by atoms with E-state index < -0.39 is 0 Å². The van der Waals surface area contributed by atoms with Crippen LogP contribution in [-0.2, 0) is 0 Å². The van der Waals surface area contributed by atoms with Gasteiger partial charge in [0.15, 0.2) is 10.8 Å². The van der Waals surface area contributed by atoms with Crippen molar-refractivity contribution in [3.05, 3.63) is 29.0 Å². The van der Waals surface area contributed by atoms with E-state index in [0.717, 1.165) is 43.0 Å². The predicted octanol–water partition coefficient (Wildman–Crippen LogP) is 3.09. The maximum Gasteiger partial charge on any atom is 0.273 e. The fourth-order valence-electron chi connectivity index (χ4n) is 2.91. The van der Waals surface area contributed by atoms with Gasteiger partial charge in [-0.25, -0.2) is 4.98 Å². The summed E-state index contributed by atoms with van der Waals surface area (Å²) in [6.07, 6.45) is 3.63. The average molecular weight is 320 g/mol. The van der Waals surface area contributed by atoms with Gasteiger partial charge >= 0.3 is 0 Å². The van der Waals surface area contributed by atoms with Gasteiger partial charge in [-0.05, 0) is 44.7 Å². The van der Waals surface area contributed by atoms with Crippen LogP contribution in [0.2, 0.25) is 0 Å². The molecule has 0 radical (unpaired) electrons. The topological polar surface area (TPSA) is 66.6 Å². The number of thiazole rings is 1. The molecule has 0 aliphatic carbocycles. The van der Waals surface area contributed by atoms with Crippen molar-refractivity contribution in [3.63, 3.8) is 0 Å². The van der Waals surface area contributed by atoms with Crippen LogP contribution >= 0.6 is 11.3 Å². The third-order valence-electron chi connectivity index (χ3n) is 4.01. The molecule has 0 spiro atoms. The number of carbonyl (C=O) groups is 1. The van der Waals surface area contributed by atoms with E-state index in [4.69, 9.17) is 9.52 Å². The fraction of sp³-hybridized carbons (Fsp3) is 0.500. The predicted molar refractivity (Wildman–Crippen MR) is 84.9 cm³/mol. The van der Waals surface area contributed by atoms with E-state index in [9.17, 15) is 4.79 Å². The molecular weight excluding hydrogens is 300 g/mol. The Bertz CT molecular complexity index is 649. The van der Waals surface area contributed by atoms with Crippen molar-refractivity contribution in [2.75, 3.05) is 13.2 Å². The monoisotopic (exact) mass is 320 g/mol. The zero-order chi connectivity index (χ0) is 15.5. The second-order valence-corrected chi connectivity index (χ2v) is 6.47. The number of aryl methyl sites for hydroxylation is 1. The first-order valence-electron chi connectivity index (χ1n) is 7.63. The number of rotatable bonds is 5. The smallest absolute Gasteiger partial charge is 0.273 e. The fourth-order valence-corrected chi connectivity index (χ4v) is 3.67. The molecule has 6 heteroatoms. The maximum atomic E-state index is 12.6. The van der Waals surface area contributed by atoms with E-state index >= 15 is 0 Å². The first-order chi connectivity index (χ1) is 10.7. The molecule has 118 valence electrons. The Morgan fingerprint density at radius 2 is 2.41 bits per heavy atom. The van der Waals surface area contributed by atoms with Crippen molar-refractivity contribution in [3.8, 4) is 10.8 Å². The zero-order valence-electron chi connectivity index (χ0n) is 12.6. The number of carbonyl (C=O) groups excluding carboxylic acids is 1. The lowest BCUT2D eigenvalue weighted by molar-refractivity contribution is 0.0719. The number of hydrogen-bond donors (Lipinski definition) is 1. The van der Waals surface area contributed by atoms with Gasteiger partial charge in [-0.15, -0.1) is 11.3 Å². The van der Waals surface area contributed by atoms with Gasteiger partial charge in [-0.2, -0.15) is 0 Å². The number of nitrogens with zero attached hydrogens (tertiary/aromatic N) is 2. The molecule has 1 fully saturated rings.